The zero-order valence-corrected chi connectivity index (χ0v) is 14.6. The molecule has 3 rings (SSSR count). The number of hydrogen-bond donors (Lipinski definition) is 1. The number of para-hydroxylation sites is 1. The van der Waals surface area contributed by atoms with E-state index in [0.717, 1.165) is 24.0 Å². The molecule has 24 heavy (non-hydrogen) atoms. The average molecular weight is 382 g/mol. The van der Waals surface area contributed by atoms with Crippen LogP contribution in [0.1, 0.15) is 18.0 Å². The van der Waals surface area contributed by atoms with Gasteiger partial charge in [-0.2, -0.15) is 13.2 Å². The van der Waals surface area contributed by atoms with Crippen molar-refractivity contribution in [3.8, 4) is 0 Å². The van der Waals surface area contributed by atoms with E-state index in [2.05, 4.69) is 10.3 Å². The van der Waals surface area contributed by atoms with E-state index in [9.17, 15) is 13.2 Å². The minimum atomic E-state index is -4.19. The van der Waals surface area contributed by atoms with Crippen LogP contribution in [-0.2, 0) is 0 Å². The number of piperazine rings is 1. The van der Waals surface area contributed by atoms with Gasteiger partial charge in [0, 0.05) is 43.8 Å². The van der Waals surface area contributed by atoms with Gasteiger partial charge in [-0.15, -0.1) is 24.8 Å². The Bertz CT molecular complexity index is 640. The van der Waals surface area contributed by atoms with E-state index in [0.29, 0.717) is 18.7 Å². The van der Waals surface area contributed by atoms with Crippen LogP contribution in [0.25, 0.3) is 10.9 Å². The van der Waals surface area contributed by atoms with Crippen LogP contribution < -0.4 is 5.32 Å². The number of aromatic nitrogens is 1. The smallest absolute Gasteiger partial charge is 0.314 e. The van der Waals surface area contributed by atoms with Crippen LogP contribution in [0.15, 0.2) is 36.5 Å². The molecule has 0 unspecified atom stereocenters. The maximum atomic E-state index is 13.1. The lowest BCUT2D eigenvalue weighted by molar-refractivity contribution is -0.148. The van der Waals surface area contributed by atoms with Crippen molar-refractivity contribution < 1.29 is 13.2 Å². The van der Waals surface area contributed by atoms with Crippen molar-refractivity contribution in [3.05, 3.63) is 42.1 Å². The number of halogens is 5. The standard InChI is InChI=1S/C16H18F3N3.2ClH/c17-16(18,19)11-15(22-9-7-20-8-10-22)13-5-6-21-14-4-2-1-3-12(13)14;;/h1-6,15,20H,7-11H2;2*1H/t15-;;/m1../s1. The van der Waals surface area contributed by atoms with Gasteiger partial charge < -0.3 is 5.32 Å². The van der Waals surface area contributed by atoms with Crippen LogP contribution in [0.3, 0.4) is 0 Å². The van der Waals surface area contributed by atoms with Crippen molar-refractivity contribution in [3.63, 3.8) is 0 Å². The summed E-state index contributed by atoms with van der Waals surface area (Å²) in [5.41, 5.74) is 1.45. The van der Waals surface area contributed by atoms with Crippen molar-refractivity contribution in [2.24, 2.45) is 0 Å². The summed E-state index contributed by atoms with van der Waals surface area (Å²) < 4.78 is 39.3. The van der Waals surface area contributed by atoms with Gasteiger partial charge in [-0.05, 0) is 17.7 Å². The zero-order chi connectivity index (χ0) is 15.6. The summed E-state index contributed by atoms with van der Waals surface area (Å²) in [6, 6.07) is 8.44. The Balaban J connectivity index is 0.00000144. The molecule has 2 heterocycles. The fourth-order valence-corrected chi connectivity index (χ4v) is 3.06. The van der Waals surface area contributed by atoms with Crippen molar-refractivity contribution in [1.82, 2.24) is 15.2 Å². The summed E-state index contributed by atoms with van der Waals surface area (Å²) in [4.78, 5) is 6.18. The Morgan fingerprint density at radius 3 is 2.42 bits per heavy atom. The Labute approximate surface area is 151 Å². The van der Waals surface area contributed by atoms with E-state index in [4.69, 9.17) is 0 Å². The number of fused-ring (bicyclic) bond motifs is 1. The first kappa shape index (κ1) is 21.0. The molecule has 1 saturated heterocycles. The first-order chi connectivity index (χ1) is 10.5. The third-order valence-corrected chi connectivity index (χ3v) is 4.06. The predicted molar refractivity (Wildman–Crippen MR) is 94.1 cm³/mol. The number of nitrogens with one attached hydrogen (secondary N) is 1. The van der Waals surface area contributed by atoms with Crippen LogP contribution in [0.4, 0.5) is 13.2 Å². The number of rotatable bonds is 3. The second-order valence-electron chi connectivity index (χ2n) is 5.54. The molecule has 0 saturated carbocycles. The largest absolute Gasteiger partial charge is 0.390 e. The molecule has 1 atom stereocenters. The summed E-state index contributed by atoms with van der Waals surface area (Å²) in [6.45, 7) is 2.68. The van der Waals surface area contributed by atoms with E-state index in [1.165, 1.54) is 0 Å². The summed E-state index contributed by atoms with van der Waals surface area (Å²) in [7, 11) is 0. The van der Waals surface area contributed by atoms with E-state index >= 15 is 0 Å². The summed E-state index contributed by atoms with van der Waals surface area (Å²) >= 11 is 0. The fraction of sp³-hybridized carbons (Fsp3) is 0.438. The molecular formula is C16H20Cl2F3N3. The van der Waals surface area contributed by atoms with Crippen LogP contribution in [0, 0.1) is 0 Å². The zero-order valence-electron chi connectivity index (χ0n) is 12.9. The number of pyridine rings is 1. The van der Waals surface area contributed by atoms with Gasteiger partial charge in [0.05, 0.1) is 11.9 Å². The fourth-order valence-electron chi connectivity index (χ4n) is 3.06. The Morgan fingerprint density at radius 2 is 1.75 bits per heavy atom. The van der Waals surface area contributed by atoms with Crippen molar-refractivity contribution in [1.29, 1.82) is 0 Å². The van der Waals surface area contributed by atoms with Gasteiger partial charge in [-0.1, -0.05) is 18.2 Å². The third-order valence-electron chi connectivity index (χ3n) is 4.06. The molecular weight excluding hydrogens is 362 g/mol. The van der Waals surface area contributed by atoms with Gasteiger partial charge in [0.15, 0.2) is 0 Å². The molecule has 0 spiro atoms. The Morgan fingerprint density at radius 1 is 1.08 bits per heavy atom. The first-order valence-electron chi connectivity index (χ1n) is 7.40. The summed E-state index contributed by atoms with van der Waals surface area (Å²) in [6.07, 6.45) is -3.43. The molecule has 134 valence electrons. The van der Waals surface area contributed by atoms with Crippen molar-refractivity contribution in [2.45, 2.75) is 18.6 Å². The molecule has 1 N–H and O–H groups in total. The minimum Gasteiger partial charge on any atom is -0.314 e. The van der Waals surface area contributed by atoms with E-state index < -0.39 is 18.6 Å². The van der Waals surface area contributed by atoms with Crippen LogP contribution >= 0.6 is 24.8 Å². The monoisotopic (exact) mass is 381 g/mol. The third kappa shape index (κ3) is 4.96. The molecule has 0 amide bonds. The Kier molecular flexibility index (Phi) is 7.73. The molecule has 1 aromatic carbocycles. The molecule has 0 bridgehead atoms. The molecule has 1 aliphatic heterocycles. The topological polar surface area (TPSA) is 28.2 Å². The maximum Gasteiger partial charge on any atom is 0.390 e. The molecule has 8 heteroatoms. The summed E-state index contributed by atoms with van der Waals surface area (Å²) in [5.74, 6) is 0. The molecule has 1 aromatic heterocycles. The SMILES string of the molecule is Cl.Cl.FC(F)(F)C[C@H](c1ccnc2ccccc12)N1CCNCC1. The molecule has 2 aromatic rings. The van der Waals surface area contributed by atoms with Crippen molar-refractivity contribution in [2.75, 3.05) is 26.2 Å². The number of benzene rings is 1. The minimum absolute atomic E-state index is 0. The van der Waals surface area contributed by atoms with Gasteiger partial charge in [-0.25, -0.2) is 0 Å². The molecule has 1 aliphatic rings. The lowest BCUT2D eigenvalue weighted by Gasteiger charge is -2.36. The molecule has 3 nitrogen and oxygen atoms in total. The number of nitrogens with zero attached hydrogens (tertiary/aromatic N) is 2. The van der Waals surface area contributed by atoms with Gasteiger partial charge in [0.1, 0.15) is 0 Å². The molecule has 0 radical (unpaired) electrons. The molecule has 1 fully saturated rings. The normalized spacial score (nSPS) is 17.0. The lowest BCUT2D eigenvalue weighted by atomic mass is 9.97. The second-order valence-corrected chi connectivity index (χ2v) is 5.54. The predicted octanol–water partition coefficient (Wildman–Crippen LogP) is 3.98. The van der Waals surface area contributed by atoms with Gasteiger partial charge in [0.25, 0.3) is 0 Å². The second kappa shape index (κ2) is 8.85. The van der Waals surface area contributed by atoms with Crippen LogP contribution in [-0.4, -0.2) is 42.2 Å². The maximum absolute atomic E-state index is 13.1. The Hall–Kier alpha value is -1.08. The molecule has 0 aliphatic carbocycles. The quantitative estimate of drug-likeness (QED) is 0.871. The van der Waals surface area contributed by atoms with Crippen LogP contribution in [0.5, 0.6) is 0 Å². The van der Waals surface area contributed by atoms with Gasteiger partial charge in [-0.3, -0.25) is 9.88 Å². The summed E-state index contributed by atoms with van der Waals surface area (Å²) in [5, 5.41) is 3.99. The highest BCUT2D eigenvalue weighted by molar-refractivity contribution is 5.85. The van der Waals surface area contributed by atoms with E-state index in [1.54, 1.807) is 12.3 Å². The first-order valence-corrected chi connectivity index (χ1v) is 7.40. The van der Waals surface area contributed by atoms with Gasteiger partial charge in [0.2, 0.25) is 0 Å². The van der Waals surface area contributed by atoms with E-state index in [1.807, 2.05) is 29.2 Å². The highest BCUT2D eigenvalue weighted by atomic mass is 35.5. The van der Waals surface area contributed by atoms with Crippen molar-refractivity contribution >= 4 is 35.7 Å². The number of hydrogen-bond acceptors (Lipinski definition) is 3. The lowest BCUT2D eigenvalue weighted by Crippen LogP contribution is -2.46. The van der Waals surface area contributed by atoms with Crippen LogP contribution in [0.2, 0.25) is 0 Å². The number of alkyl halides is 3. The van der Waals surface area contributed by atoms with E-state index in [-0.39, 0.29) is 24.8 Å². The highest BCUT2D eigenvalue weighted by Crippen LogP contribution is 2.36. The average Bonchev–Trinajstić information content (AvgIpc) is 2.52. The highest BCUT2D eigenvalue weighted by Gasteiger charge is 2.36. The van der Waals surface area contributed by atoms with Gasteiger partial charge >= 0.3 is 6.18 Å².